The van der Waals surface area contributed by atoms with E-state index in [1.165, 1.54) is 0 Å². The lowest BCUT2D eigenvalue weighted by Gasteiger charge is -2.14. The van der Waals surface area contributed by atoms with Crippen LogP contribution in [0.2, 0.25) is 0 Å². The summed E-state index contributed by atoms with van der Waals surface area (Å²) in [6.45, 7) is 4.61. The molecule has 0 aliphatic carbocycles. The van der Waals surface area contributed by atoms with E-state index in [4.69, 9.17) is 10.8 Å². The van der Waals surface area contributed by atoms with Crippen molar-refractivity contribution in [3.05, 3.63) is 29.3 Å². The van der Waals surface area contributed by atoms with Crippen LogP contribution < -0.4 is 16.4 Å². The van der Waals surface area contributed by atoms with Crippen LogP contribution in [0, 0.1) is 13.8 Å². The molecule has 0 aromatic heterocycles. The van der Waals surface area contributed by atoms with Crippen molar-refractivity contribution in [2.45, 2.75) is 26.3 Å². The summed E-state index contributed by atoms with van der Waals surface area (Å²) in [7, 11) is 0. The SMILES string of the molecule is Cc1ccc(NC(=O)CC(NCCN)C(=O)O)cc1C. The van der Waals surface area contributed by atoms with Crippen LogP contribution in [-0.4, -0.2) is 36.1 Å². The highest BCUT2D eigenvalue weighted by molar-refractivity contribution is 5.94. The number of carbonyl (C=O) groups excluding carboxylic acids is 1. The molecule has 0 heterocycles. The molecule has 0 spiro atoms. The largest absolute Gasteiger partial charge is 0.480 e. The van der Waals surface area contributed by atoms with Crippen molar-refractivity contribution in [3.63, 3.8) is 0 Å². The standard InChI is InChI=1S/C14H21N3O3/c1-9-3-4-11(7-10(9)2)17-13(18)8-12(14(19)20)16-6-5-15/h3-4,7,12,16H,5-6,8,15H2,1-2H3,(H,17,18)(H,19,20). The smallest absolute Gasteiger partial charge is 0.321 e. The van der Waals surface area contributed by atoms with Gasteiger partial charge in [0.15, 0.2) is 0 Å². The third-order valence-corrected chi connectivity index (χ3v) is 3.01. The third kappa shape index (κ3) is 4.99. The number of hydrogen-bond acceptors (Lipinski definition) is 4. The molecule has 110 valence electrons. The summed E-state index contributed by atoms with van der Waals surface area (Å²) in [5.41, 5.74) is 8.18. The number of benzene rings is 1. The summed E-state index contributed by atoms with van der Waals surface area (Å²) in [5, 5.41) is 14.4. The molecule has 1 rings (SSSR count). The molecule has 20 heavy (non-hydrogen) atoms. The fourth-order valence-corrected chi connectivity index (χ4v) is 1.72. The van der Waals surface area contributed by atoms with E-state index in [0.717, 1.165) is 11.1 Å². The van der Waals surface area contributed by atoms with Gasteiger partial charge >= 0.3 is 5.97 Å². The molecule has 0 aliphatic rings. The average molecular weight is 279 g/mol. The van der Waals surface area contributed by atoms with Crippen LogP contribution in [0.25, 0.3) is 0 Å². The molecule has 0 radical (unpaired) electrons. The summed E-state index contributed by atoms with van der Waals surface area (Å²) in [4.78, 5) is 22.8. The Labute approximate surface area is 118 Å². The summed E-state index contributed by atoms with van der Waals surface area (Å²) in [6.07, 6.45) is -0.137. The Morgan fingerprint density at radius 3 is 2.55 bits per heavy atom. The number of carboxylic acids is 1. The summed E-state index contributed by atoms with van der Waals surface area (Å²) < 4.78 is 0. The summed E-state index contributed by atoms with van der Waals surface area (Å²) in [6, 6.07) is 4.64. The van der Waals surface area contributed by atoms with Crippen molar-refractivity contribution >= 4 is 17.6 Å². The highest BCUT2D eigenvalue weighted by Crippen LogP contribution is 2.14. The Bertz CT molecular complexity index is 489. The van der Waals surface area contributed by atoms with Gasteiger partial charge in [0.05, 0.1) is 6.42 Å². The molecule has 0 aliphatic heterocycles. The predicted octanol–water partition coefficient (Wildman–Crippen LogP) is 0.634. The Kier molecular flexibility index (Phi) is 6.14. The highest BCUT2D eigenvalue weighted by atomic mass is 16.4. The fraction of sp³-hybridized carbons (Fsp3) is 0.429. The number of nitrogens with one attached hydrogen (secondary N) is 2. The van der Waals surface area contributed by atoms with E-state index >= 15 is 0 Å². The second-order valence-corrected chi connectivity index (χ2v) is 4.68. The quantitative estimate of drug-likeness (QED) is 0.586. The van der Waals surface area contributed by atoms with Crippen molar-refractivity contribution in [1.82, 2.24) is 5.32 Å². The molecule has 1 aromatic carbocycles. The summed E-state index contributed by atoms with van der Waals surface area (Å²) in [5.74, 6) is -1.40. The molecule has 1 amide bonds. The van der Waals surface area contributed by atoms with Gasteiger partial charge < -0.3 is 21.5 Å². The van der Waals surface area contributed by atoms with Gasteiger partial charge in [0.25, 0.3) is 0 Å². The number of carbonyl (C=O) groups is 2. The third-order valence-electron chi connectivity index (χ3n) is 3.01. The molecule has 0 fully saturated rings. The Morgan fingerprint density at radius 2 is 2.00 bits per heavy atom. The number of nitrogens with two attached hydrogens (primary N) is 1. The van der Waals surface area contributed by atoms with Gasteiger partial charge in [0.2, 0.25) is 5.91 Å². The molecule has 5 N–H and O–H groups in total. The lowest BCUT2D eigenvalue weighted by atomic mass is 10.1. The fourth-order valence-electron chi connectivity index (χ4n) is 1.72. The second kappa shape index (κ2) is 7.62. The van der Waals surface area contributed by atoms with E-state index in [9.17, 15) is 9.59 Å². The van der Waals surface area contributed by atoms with E-state index in [2.05, 4.69) is 10.6 Å². The maximum Gasteiger partial charge on any atom is 0.321 e. The van der Waals surface area contributed by atoms with E-state index in [1.807, 2.05) is 26.0 Å². The molecule has 0 saturated heterocycles. The molecule has 1 aromatic rings. The van der Waals surface area contributed by atoms with E-state index < -0.39 is 12.0 Å². The normalized spacial score (nSPS) is 11.9. The van der Waals surface area contributed by atoms with Crippen molar-refractivity contribution < 1.29 is 14.7 Å². The maximum atomic E-state index is 11.8. The van der Waals surface area contributed by atoms with Crippen LogP contribution in [-0.2, 0) is 9.59 Å². The van der Waals surface area contributed by atoms with Gasteiger partial charge in [-0.05, 0) is 37.1 Å². The first-order valence-electron chi connectivity index (χ1n) is 6.47. The van der Waals surface area contributed by atoms with Crippen LogP contribution in [0.15, 0.2) is 18.2 Å². The van der Waals surface area contributed by atoms with Crippen LogP contribution in [0.3, 0.4) is 0 Å². The van der Waals surface area contributed by atoms with E-state index in [0.29, 0.717) is 18.8 Å². The van der Waals surface area contributed by atoms with Gasteiger partial charge in [0, 0.05) is 18.8 Å². The first-order chi connectivity index (χ1) is 9.43. The number of amides is 1. The average Bonchev–Trinajstić information content (AvgIpc) is 2.38. The van der Waals surface area contributed by atoms with Crippen molar-refractivity contribution in [3.8, 4) is 0 Å². The van der Waals surface area contributed by atoms with Gasteiger partial charge in [-0.25, -0.2) is 0 Å². The second-order valence-electron chi connectivity index (χ2n) is 4.68. The first-order valence-corrected chi connectivity index (χ1v) is 6.47. The van der Waals surface area contributed by atoms with E-state index in [-0.39, 0.29) is 12.3 Å². The van der Waals surface area contributed by atoms with Gasteiger partial charge in [-0.3, -0.25) is 9.59 Å². The van der Waals surface area contributed by atoms with Crippen LogP contribution in [0.5, 0.6) is 0 Å². The van der Waals surface area contributed by atoms with Crippen molar-refractivity contribution in [2.75, 3.05) is 18.4 Å². The van der Waals surface area contributed by atoms with Gasteiger partial charge in [-0.2, -0.15) is 0 Å². The molecule has 1 atom stereocenters. The number of rotatable bonds is 7. The summed E-state index contributed by atoms with van der Waals surface area (Å²) >= 11 is 0. The Morgan fingerprint density at radius 1 is 1.30 bits per heavy atom. The van der Waals surface area contributed by atoms with Gasteiger partial charge in [-0.15, -0.1) is 0 Å². The maximum absolute atomic E-state index is 11.8. The van der Waals surface area contributed by atoms with Crippen LogP contribution in [0.1, 0.15) is 17.5 Å². The zero-order chi connectivity index (χ0) is 15.1. The minimum absolute atomic E-state index is 0.137. The first kappa shape index (κ1) is 16.1. The highest BCUT2D eigenvalue weighted by Gasteiger charge is 2.20. The zero-order valence-corrected chi connectivity index (χ0v) is 11.8. The molecule has 6 heteroatoms. The predicted molar refractivity (Wildman–Crippen MR) is 77.6 cm³/mol. The van der Waals surface area contributed by atoms with Crippen LogP contribution in [0.4, 0.5) is 5.69 Å². The molecular formula is C14H21N3O3. The zero-order valence-electron chi connectivity index (χ0n) is 11.8. The number of aryl methyl sites for hydroxylation is 2. The van der Waals surface area contributed by atoms with Crippen LogP contribution >= 0.6 is 0 Å². The molecule has 0 saturated carbocycles. The number of hydrogen-bond donors (Lipinski definition) is 4. The lowest BCUT2D eigenvalue weighted by molar-refractivity contribution is -0.141. The minimum atomic E-state index is -1.06. The number of anilines is 1. The number of aliphatic carboxylic acids is 1. The topological polar surface area (TPSA) is 104 Å². The molecular weight excluding hydrogens is 258 g/mol. The lowest BCUT2D eigenvalue weighted by Crippen LogP contribution is -2.41. The van der Waals surface area contributed by atoms with Gasteiger partial charge in [0.1, 0.15) is 6.04 Å². The number of carboxylic acid groups (broad SMARTS) is 1. The molecule has 6 nitrogen and oxygen atoms in total. The van der Waals surface area contributed by atoms with Gasteiger partial charge in [-0.1, -0.05) is 6.07 Å². The van der Waals surface area contributed by atoms with Crippen molar-refractivity contribution in [2.24, 2.45) is 5.73 Å². The Balaban J connectivity index is 2.60. The Hall–Kier alpha value is -1.92. The monoisotopic (exact) mass is 279 g/mol. The van der Waals surface area contributed by atoms with E-state index in [1.54, 1.807) is 6.07 Å². The molecule has 1 unspecified atom stereocenters. The minimum Gasteiger partial charge on any atom is -0.480 e. The van der Waals surface area contributed by atoms with Crippen molar-refractivity contribution in [1.29, 1.82) is 0 Å². The molecule has 0 bridgehead atoms.